The average Bonchev–Trinajstić information content (AvgIpc) is 2.71. The molecule has 0 aliphatic heterocycles. The van der Waals surface area contributed by atoms with Crippen LogP contribution in [-0.4, -0.2) is 12.5 Å². The van der Waals surface area contributed by atoms with E-state index in [1.807, 2.05) is 6.07 Å². The van der Waals surface area contributed by atoms with Crippen LogP contribution in [0, 0.1) is 0 Å². The van der Waals surface area contributed by atoms with Gasteiger partial charge in [0.1, 0.15) is 4.34 Å². The number of rotatable bonds is 4. The predicted molar refractivity (Wildman–Crippen MR) is 86.8 cm³/mol. The van der Waals surface area contributed by atoms with Crippen molar-refractivity contribution in [3.63, 3.8) is 0 Å². The topological polar surface area (TPSA) is 29.1 Å². The van der Waals surface area contributed by atoms with Crippen LogP contribution < -0.4 is 5.32 Å². The normalized spacial score (nSPS) is 10.6. The monoisotopic (exact) mass is 367 g/mol. The minimum absolute atomic E-state index is 0.247. The Morgan fingerprint density at radius 2 is 1.90 bits per heavy atom. The molecule has 1 aromatic heterocycles. The molecule has 1 N–H and O–H groups in total. The number of thiophene rings is 1. The molecule has 0 atom stereocenters. The molecule has 1 heterocycles. The van der Waals surface area contributed by atoms with E-state index in [0.717, 1.165) is 5.56 Å². The molecule has 0 aliphatic rings. The van der Waals surface area contributed by atoms with Crippen LogP contribution in [0.5, 0.6) is 0 Å². The van der Waals surface area contributed by atoms with E-state index in [9.17, 15) is 4.79 Å². The number of halogens is 4. The molecule has 0 saturated carbocycles. The fourth-order valence-electron chi connectivity index (χ4n) is 1.63. The quantitative estimate of drug-likeness (QED) is 0.775. The maximum Gasteiger partial charge on any atom is 0.253 e. The van der Waals surface area contributed by atoms with E-state index in [1.54, 1.807) is 18.2 Å². The maximum absolute atomic E-state index is 11.9. The van der Waals surface area contributed by atoms with E-state index in [0.29, 0.717) is 37.2 Å². The zero-order valence-electron chi connectivity index (χ0n) is 10.1. The molecule has 2 nitrogen and oxygen atoms in total. The minimum Gasteiger partial charge on any atom is -0.352 e. The Bertz CT molecular complexity index is 641. The molecule has 0 aliphatic carbocycles. The fraction of sp³-hybridized carbons (Fsp3) is 0.154. The van der Waals surface area contributed by atoms with Gasteiger partial charge in [-0.1, -0.05) is 52.5 Å². The van der Waals surface area contributed by atoms with Gasteiger partial charge in [0.25, 0.3) is 5.91 Å². The van der Waals surface area contributed by atoms with Crippen LogP contribution >= 0.6 is 57.7 Å². The predicted octanol–water partition coefficient (Wildman–Crippen LogP) is 5.33. The van der Waals surface area contributed by atoms with Gasteiger partial charge in [0.15, 0.2) is 0 Å². The summed E-state index contributed by atoms with van der Waals surface area (Å²) in [5.41, 5.74) is 1.31. The molecule has 0 spiro atoms. The third-order valence-electron chi connectivity index (χ3n) is 2.60. The van der Waals surface area contributed by atoms with E-state index < -0.39 is 0 Å². The van der Waals surface area contributed by atoms with Gasteiger partial charge >= 0.3 is 0 Å². The first-order valence-electron chi connectivity index (χ1n) is 5.64. The number of carbonyl (C=O) groups is 1. The molecular weight excluding hydrogens is 360 g/mol. The van der Waals surface area contributed by atoms with E-state index in [1.165, 1.54) is 11.3 Å². The molecule has 1 amide bonds. The molecule has 0 saturated heterocycles. The van der Waals surface area contributed by atoms with Crippen molar-refractivity contribution in [1.29, 1.82) is 0 Å². The summed E-state index contributed by atoms with van der Waals surface area (Å²) in [6, 6.07) is 6.83. The van der Waals surface area contributed by atoms with Crippen molar-refractivity contribution in [3.05, 3.63) is 54.1 Å². The van der Waals surface area contributed by atoms with Crippen LogP contribution in [0.1, 0.15) is 15.9 Å². The number of benzene rings is 1. The van der Waals surface area contributed by atoms with Crippen molar-refractivity contribution in [1.82, 2.24) is 5.32 Å². The standard InChI is InChI=1S/C13H9Cl4NOS/c14-8-2-1-7(10(15)5-8)3-4-18-13(19)9-6-11(16)20-12(9)17/h1-2,5-6H,3-4H2,(H,18,19). The van der Waals surface area contributed by atoms with Gasteiger partial charge in [0, 0.05) is 16.6 Å². The molecule has 0 bridgehead atoms. The number of hydrogen-bond donors (Lipinski definition) is 1. The largest absolute Gasteiger partial charge is 0.352 e. The van der Waals surface area contributed by atoms with E-state index in [4.69, 9.17) is 46.4 Å². The lowest BCUT2D eigenvalue weighted by Gasteiger charge is -2.06. The molecule has 20 heavy (non-hydrogen) atoms. The molecule has 7 heteroatoms. The summed E-state index contributed by atoms with van der Waals surface area (Å²) in [4.78, 5) is 11.9. The summed E-state index contributed by atoms with van der Waals surface area (Å²) in [5, 5.41) is 3.95. The summed E-state index contributed by atoms with van der Waals surface area (Å²) >= 11 is 24.8. The van der Waals surface area contributed by atoms with Gasteiger partial charge in [-0.3, -0.25) is 4.79 Å². The molecule has 2 rings (SSSR count). The van der Waals surface area contributed by atoms with Gasteiger partial charge in [0.2, 0.25) is 0 Å². The van der Waals surface area contributed by atoms with Crippen LogP contribution in [0.25, 0.3) is 0 Å². The number of hydrogen-bond acceptors (Lipinski definition) is 2. The third-order valence-corrected chi connectivity index (χ3v) is 4.67. The van der Waals surface area contributed by atoms with Crippen molar-refractivity contribution in [3.8, 4) is 0 Å². The van der Waals surface area contributed by atoms with Gasteiger partial charge < -0.3 is 5.32 Å². The number of amides is 1. The second-order valence-electron chi connectivity index (χ2n) is 3.98. The molecule has 2 aromatic rings. The van der Waals surface area contributed by atoms with Crippen LogP contribution in [0.3, 0.4) is 0 Å². The highest BCUT2D eigenvalue weighted by atomic mass is 35.5. The fourth-order valence-corrected chi connectivity index (χ4v) is 3.59. The van der Waals surface area contributed by atoms with E-state index in [-0.39, 0.29) is 5.91 Å². The summed E-state index contributed by atoms with van der Waals surface area (Å²) in [6.45, 7) is 0.448. The van der Waals surface area contributed by atoms with Crippen LogP contribution in [0.2, 0.25) is 18.7 Å². The smallest absolute Gasteiger partial charge is 0.253 e. The summed E-state index contributed by atoms with van der Waals surface area (Å²) in [5.74, 6) is -0.247. The molecule has 0 radical (unpaired) electrons. The molecule has 0 unspecified atom stereocenters. The minimum atomic E-state index is -0.247. The first-order chi connectivity index (χ1) is 9.47. The first-order valence-corrected chi connectivity index (χ1v) is 7.97. The van der Waals surface area contributed by atoms with Crippen molar-refractivity contribution < 1.29 is 4.79 Å². The van der Waals surface area contributed by atoms with Gasteiger partial charge in [0.05, 0.1) is 9.90 Å². The van der Waals surface area contributed by atoms with Gasteiger partial charge in [-0.25, -0.2) is 0 Å². The zero-order valence-corrected chi connectivity index (χ0v) is 13.9. The Hall–Kier alpha value is -0.450. The summed E-state index contributed by atoms with van der Waals surface area (Å²) in [6.07, 6.45) is 0.608. The van der Waals surface area contributed by atoms with Gasteiger partial charge in [-0.05, 0) is 30.2 Å². The lowest BCUT2D eigenvalue weighted by molar-refractivity contribution is 0.0955. The highest BCUT2D eigenvalue weighted by Crippen LogP contribution is 2.31. The van der Waals surface area contributed by atoms with Crippen molar-refractivity contribution in [2.45, 2.75) is 6.42 Å². The summed E-state index contributed by atoms with van der Waals surface area (Å²) in [7, 11) is 0. The first kappa shape index (κ1) is 15.9. The highest BCUT2D eigenvalue weighted by molar-refractivity contribution is 7.20. The van der Waals surface area contributed by atoms with Gasteiger partial charge in [-0.15, -0.1) is 11.3 Å². The Morgan fingerprint density at radius 3 is 2.50 bits per heavy atom. The maximum atomic E-state index is 11.9. The lowest BCUT2D eigenvalue weighted by atomic mass is 10.1. The van der Waals surface area contributed by atoms with E-state index in [2.05, 4.69) is 5.32 Å². The van der Waals surface area contributed by atoms with Crippen LogP contribution in [-0.2, 0) is 6.42 Å². The Kier molecular flexibility index (Phi) is 5.58. The van der Waals surface area contributed by atoms with Crippen molar-refractivity contribution in [2.24, 2.45) is 0 Å². The Balaban J connectivity index is 1.93. The highest BCUT2D eigenvalue weighted by Gasteiger charge is 2.13. The number of nitrogens with one attached hydrogen (secondary N) is 1. The SMILES string of the molecule is O=C(NCCc1ccc(Cl)cc1Cl)c1cc(Cl)sc1Cl. The van der Waals surface area contributed by atoms with Crippen LogP contribution in [0.4, 0.5) is 0 Å². The van der Waals surface area contributed by atoms with Crippen molar-refractivity contribution in [2.75, 3.05) is 6.54 Å². The van der Waals surface area contributed by atoms with E-state index >= 15 is 0 Å². The second kappa shape index (κ2) is 7.01. The zero-order chi connectivity index (χ0) is 14.7. The molecular formula is C13H9Cl4NOS. The lowest BCUT2D eigenvalue weighted by Crippen LogP contribution is -2.25. The molecule has 0 fully saturated rings. The average molecular weight is 369 g/mol. The van der Waals surface area contributed by atoms with Crippen molar-refractivity contribution >= 4 is 63.6 Å². The van der Waals surface area contributed by atoms with Crippen LogP contribution in [0.15, 0.2) is 24.3 Å². The Morgan fingerprint density at radius 1 is 1.15 bits per heavy atom. The molecule has 106 valence electrons. The molecule has 1 aromatic carbocycles. The van der Waals surface area contributed by atoms with Gasteiger partial charge in [-0.2, -0.15) is 0 Å². The second-order valence-corrected chi connectivity index (χ2v) is 7.11. The number of carbonyl (C=O) groups excluding carboxylic acids is 1. The summed E-state index contributed by atoms with van der Waals surface area (Å²) < 4.78 is 0.873. The Labute approximate surface area is 140 Å². The third kappa shape index (κ3) is 4.03.